The molecule has 3 aromatic rings. The van der Waals surface area contributed by atoms with Gasteiger partial charge in [0, 0.05) is 25.5 Å². The van der Waals surface area contributed by atoms with Crippen molar-refractivity contribution >= 4 is 16.9 Å². The number of ether oxygens (including phenoxy) is 2. The van der Waals surface area contributed by atoms with E-state index in [0.29, 0.717) is 18.8 Å². The van der Waals surface area contributed by atoms with Gasteiger partial charge in [0.25, 0.3) is 5.91 Å². The summed E-state index contributed by atoms with van der Waals surface area (Å²) in [5.74, 6) is -0.0729. The predicted molar refractivity (Wildman–Crippen MR) is 104 cm³/mol. The molecule has 0 bridgehead atoms. The first kappa shape index (κ1) is 18.6. The van der Waals surface area contributed by atoms with Crippen LogP contribution in [0.2, 0.25) is 0 Å². The smallest absolute Gasteiger partial charge is 0.253 e. The quantitative estimate of drug-likeness (QED) is 0.633. The molecule has 1 aliphatic carbocycles. The van der Waals surface area contributed by atoms with Gasteiger partial charge in [0.1, 0.15) is 18.2 Å². The molecule has 1 N–H and O–H groups in total. The summed E-state index contributed by atoms with van der Waals surface area (Å²) in [4.78, 5) is 21.5. The van der Waals surface area contributed by atoms with Crippen molar-refractivity contribution in [3.8, 4) is 0 Å². The van der Waals surface area contributed by atoms with Crippen LogP contribution in [0.5, 0.6) is 0 Å². The number of nitrogens with zero attached hydrogens (tertiary/aromatic N) is 4. The number of imidazole rings is 2. The Balaban J connectivity index is 1.45. The van der Waals surface area contributed by atoms with Crippen LogP contribution in [0.25, 0.3) is 11.0 Å². The average molecular weight is 383 g/mol. The maximum absolute atomic E-state index is 13.0. The van der Waals surface area contributed by atoms with Crippen LogP contribution in [0.4, 0.5) is 0 Å². The van der Waals surface area contributed by atoms with Crippen molar-refractivity contribution in [2.75, 3.05) is 20.3 Å². The normalized spacial score (nSPS) is 19.8. The highest BCUT2D eigenvalue weighted by atomic mass is 16.5. The number of amides is 1. The molecule has 2 heterocycles. The Labute approximate surface area is 163 Å². The summed E-state index contributed by atoms with van der Waals surface area (Å²) in [6.07, 6.45) is 10.9. The summed E-state index contributed by atoms with van der Waals surface area (Å²) >= 11 is 0. The minimum atomic E-state index is -0.0729. The van der Waals surface area contributed by atoms with Crippen molar-refractivity contribution in [3.05, 3.63) is 48.8 Å². The van der Waals surface area contributed by atoms with E-state index in [2.05, 4.69) is 15.3 Å². The topological polar surface area (TPSA) is 83.2 Å². The van der Waals surface area contributed by atoms with Crippen LogP contribution in [0.3, 0.4) is 0 Å². The monoisotopic (exact) mass is 383 g/mol. The molecule has 8 heteroatoms. The molecule has 0 saturated heterocycles. The van der Waals surface area contributed by atoms with Gasteiger partial charge in [-0.15, -0.1) is 0 Å². The molecule has 0 radical (unpaired) electrons. The molecule has 1 aromatic carbocycles. The van der Waals surface area contributed by atoms with Crippen LogP contribution in [-0.4, -0.2) is 57.7 Å². The zero-order valence-corrected chi connectivity index (χ0v) is 16.0. The van der Waals surface area contributed by atoms with Gasteiger partial charge in [0.15, 0.2) is 0 Å². The standard InChI is InChI=1S/C20H25N5O3/c1-27-11-12-28-16-7-5-15(6-8-16)23-20(26)17-3-2-4-18-19(17)25(14-22-18)24-10-9-21-13-24/h2-4,9-10,13-16H,5-8,11-12H2,1H3,(H,23,26). The largest absolute Gasteiger partial charge is 0.382 e. The van der Waals surface area contributed by atoms with E-state index in [4.69, 9.17) is 9.47 Å². The Hall–Kier alpha value is -2.71. The number of nitrogens with one attached hydrogen (secondary N) is 1. The van der Waals surface area contributed by atoms with Crippen molar-refractivity contribution in [1.82, 2.24) is 24.6 Å². The lowest BCUT2D eigenvalue weighted by Crippen LogP contribution is -2.39. The third kappa shape index (κ3) is 3.93. The number of benzene rings is 1. The second-order valence-corrected chi connectivity index (χ2v) is 7.02. The Bertz CT molecular complexity index is 913. The first-order chi connectivity index (χ1) is 13.8. The van der Waals surface area contributed by atoms with Gasteiger partial charge in [-0.3, -0.25) is 4.79 Å². The van der Waals surface area contributed by atoms with E-state index in [1.54, 1.807) is 30.6 Å². The molecule has 1 fully saturated rings. The highest BCUT2D eigenvalue weighted by Crippen LogP contribution is 2.23. The number of hydrogen-bond donors (Lipinski definition) is 1. The van der Waals surface area contributed by atoms with Crippen molar-refractivity contribution in [1.29, 1.82) is 0 Å². The van der Waals surface area contributed by atoms with Crippen LogP contribution >= 0.6 is 0 Å². The maximum Gasteiger partial charge on any atom is 0.253 e. The van der Waals surface area contributed by atoms with E-state index in [1.807, 2.05) is 29.1 Å². The molecule has 1 aliphatic rings. The van der Waals surface area contributed by atoms with E-state index >= 15 is 0 Å². The van der Waals surface area contributed by atoms with Crippen LogP contribution < -0.4 is 5.32 Å². The average Bonchev–Trinajstić information content (AvgIpc) is 3.38. The lowest BCUT2D eigenvalue weighted by atomic mass is 9.92. The van der Waals surface area contributed by atoms with E-state index in [-0.39, 0.29) is 18.1 Å². The Morgan fingerprint density at radius 3 is 2.82 bits per heavy atom. The van der Waals surface area contributed by atoms with Crippen LogP contribution in [0, 0.1) is 0 Å². The third-order valence-corrected chi connectivity index (χ3v) is 5.18. The minimum Gasteiger partial charge on any atom is -0.382 e. The molecule has 1 saturated carbocycles. The Morgan fingerprint density at radius 2 is 2.07 bits per heavy atom. The van der Waals surface area contributed by atoms with Gasteiger partial charge in [-0.1, -0.05) is 6.07 Å². The van der Waals surface area contributed by atoms with Crippen molar-refractivity contribution in [2.45, 2.75) is 37.8 Å². The molecule has 1 amide bonds. The number of para-hydroxylation sites is 1. The second kappa shape index (κ2) is 8.53. The zero-order valence-electron chi connectivity index (χ0n) is 16.0. The van der Waals surface area contributed by atoms with Gasteiger partial charge < -0.3 is 14.8 Å². The van der Waals surface area contributed by atoms with E-state index in [0.717, 1.165) is 36.7 Å². The second-order valence-electron chi connectivity index (χ2n) is 7.02. The van der Waals surface area contributed by atoms with Gasteiger partial charge in [0.05, 0.1) is 30.4 Å². The van der Waals surface area contributed by atoms with Gasteiger partial charge in [-0.2, -0.15) is 0 Å². The molecule has 0 spiro atoms. The number of methoxy groups -OCH3 is 1. The molecular formula is C20H25N5O3. The van der Waals surface area contributed by atoms with E-state index in [9.17, 15) is 4.79 Å². The summed E-state index contributed by atoms with van der Waals surface area (Å²) in [7, 11) is 1.68. The fourth-order valence-electron chi connectivity index (χ4n) is 3.72. The number of fused-ring (bicyclic) bond motifs is 1. The number of carbonyl (C=O) groups excluding carboxylic acids is 1. The molecule has 8 nitrogen and oxygen atoms in total. The summed E-state index contributed by atoms with van der Waals surface area (Å²) in [6, 6.07) is 5.77. The molecule has 0 aliphatic heterocycles. The summed E-state index contributed by atoms with van der Waals surface area (Å²) in [5.41, 5.74) is 2.16. The van der Waals surface area contributed by atoms with Gasteiger partial charge in [-0.25, -0.2) is 19.3 Å². The fourth-order valence-corrected chi connectivity index (χ4v) is 3.72. The first-order valence-electron chi connectivity index (χ1n) is 9.62. The number of rotatable bonds is 7. The predicted octanol–water partition coefficient (Wildman–Crippen LogP) is 2.25. The highest BCUT2D eigenvalue weighted by molar-refractivity contribution is 6.05. The minimum absolute atomic E-state index is 0.0729. The van der Waals surface area contributed by atoms with Crippen LogP contribution in [0.1, 0.15) is 36.0 Å². The Morgan fingerprint density at radius 1 is 1.21 bits per heavy atom. The number of carbonyl (C=O) groups is 1. The van der Waals surface area contributed by atoms with Gasteiger partial charge >= 0.3 is 0 Å². The third-order valence-electron chi connectivity index (χ3n) is 5.18. The molecule has 4 rings (SSSR count). The zero-order chi connectivity index (χ0) is 19.3. The van der Waals surface area contributed by atoms with Crippen molar-refractivity contribution in [2.24, 2.45) is 0 Å². The summed E-state index contributed by atoms with van der Waals surface area (Å²) in [5, 5.41) is 3.19. The van der Waals surface area contributed by atoms with E-state index in [1.165, 1.54) is 0 Å². The number of hydrogen-bond acceptors (Lipinski definition) is 5. The molecule has 2 aromatic heterocycles. The van der Waals surface area contributed by atoms with Crippen LogP contribution in [0.15, 0.2) is 43.2 Å². The molecule has 28 heavy (non-hydrogen) atoms. The van der Waals surface area contributed by atoms with E-state index < -0.39 is 0 Å². The molecule has 148 valence electrons. The number of aromatic nitrogens is 4. The SMILES string of the molecule is COCCOC1CCC(NC(=O)c2cccc3ncn(-n4ccnc4)c23)CC1. The highest BCUT2D eigenvalue weighted by Gasteiger charge is 2.24. The van der Waals surface area contributed by atoms with Gasteiger partial charge in [0.2, 0.25) is 0 Å². The summed E-state index contributed by atoms with van der Waals surface area (Å²) < 4.78 is 14.5. The lowest BCUT2D eigenvalue weighted by Gasteiger charge is -2.29. The van der Waals surface area contributed by atoms with Crippen LogP contribution in [-0.2, 0) is 9.47 Å². The molecule has 0 atom stereocenters. The first-order valence-corrected chi connectivity index (χ1v) is 9.62. The summed E-state index contributed by atoms with van der Waals surface area (Å²) in [6.45, 7) is 1.24. The lowest BCUT2D eigenvalue weighted by molar-refractivity contribution is -0.00408. The van der Waals surface area contributed by atoms with Crippen molar-refractivity contribution < 1.29 is 14.3 Å². The fraction of sp³-hybridized carbons (Fsp3) is 0.450. The Kier molecular flexibility index (Phi) is 5.68. The molecular weight excluding hydrogens is 358 g/mol. The molecule has 0 unspecified atom stereocenters. The van der Waals surface area contributed by atoms with Crippen molar-refractivity contribution in [3.63, 3.8) is 0 Å². The maximum atomic E-state index is 13.0. The van der Waals surface area contributed by atoms with Gasteiger partial charge in [-0.05, 0) is 37.8 Å².